The molecule has 1 fully saturated rings. The van der Waals surface area contributed by atoms with Crippen LogP contribution in [0.15, 0.2) is 90.8 Å². The molecule has 3 aromatic carbocycles. The summed E-state index contributed by atoms with van der Waals surface area (Å²) in [6.07, 6.45) is 4.38. The third-order valence-electron chi connectivity index (χ3n) is 5.32. The van der Waals surface area contributed by atoms with E-state index in [-0.39, 0.29) is 18.2 Å². The van der Waals surface area contributed by atoms with Gasteiger partial charge in [0.25, 0.3) is 0 Å². The lowest BCUT2D eigenvalue weighted by Gasteiger charge is -2.14. The molecule has 0 radical (unpaired) electrons. The van der Waals surface area contributed by atoms with Crippen molar-refractivity contribution in [2.24, 2.45) is 5.92 Å². The molecule has 154 valence electrons. The first-order valence-electron chi connectivity index (χ1n) is 10.6. The molecule has 3 aromatic rings. The number of allylic oxidation sites excluding steroid dienone is 2. The van der Waals surface area contributed by atoms with Crippen molar-refractivity contribution in [1.82, 2.24) is 0 Å². The molecular formula is C27H27FO2. The zero-order valence-corrected chi connectivity index (χ0v) is 17.3. The summed E-state index contributed by atoms with van der Waals surface area (Å²) in [5, 5.41) is 0. The van der Waals surface area contributed by atoms with Crippen molar-refractivity contribution in [2.75, 3.05) is 6.61 Å². The molecule has 0 heterocycles. The Morgan fingerprint density at radius 2 is 1.67 bits per heavy atom. The van der Waals surface area contributed by atoms with Crippen LogP contribution in [0, 0.1) is 5.92 Å². The molecule has 1 aliphatic carbocycles. The second kappa shape index (κ2) is 9.62. The number of hydrogen-bond donors (Lipinski definition) is 0. The molecule has 0 bridgehead atoms. The van der Waals surface area contributed by atoms with Crippen molar-refractivity contribution < 1.29 is 13.9 Å². The van der Waals surface area contributed by atoms with Gasteiger partial charge in [-0.2, -0.15) is 0 Å². The lowest BCUT2D eigenvalue weighted by atomic mass is 9.92. The van der Waals surface area contributed by atoms with Gasteiger partial charge in [-0.15, -0.1) is 0 Å². The molecule has 0 amide bonds. The summed E-state index contributed by atoms with van der Waals surface area (Å²) in [5.41, 5.74) is 2.05. The van der Waals surface area contributed by atoms with Crippen LogP contribution in [-0.2, 0) is 6.42 Å². The molecular weight excluding hydrogens is 375 g/mol. The second-order valence-corrected chi connectivity index (χ2v) is 7.72. The van der Waals surface area contributed by atoms with Gasteiger partial charge in [0.05, 0.1) is 6.61 Å². The third-order valence-corrected chi connectivity index (χ3v) is 5.32. The SMILES string of the molecule is CCOc1ccc(C(/C=C(\F)Cc2cccc(Oc3ccccc3)c2)C2CC2)cc1. The Kier molecular flexibility index (Phi) is 6.48. The van der Waals surface area contributed by atoms with E-state index in [0.717, 1.165) is 41.2 Å². The highest BCUT2D eigenvalue weighted by atomic mass is 19.1. The van der Waals surface area contributed by atoms with Gasteiger partial charge in [-0.25, -0.2) is 4.39 Å². The summed E-state index contributed by atoms with van der Waals surface area (Å²) in [5.74, 6) is 2.89. The number of halogens is 1. The Balaban J connectivity index is 1.46. The Morgan fingerprint density at radius 1 is 0.933 bits per heavy atom. The van der Waals surface area contributed by atoms with Crippen LogP contribution in [0.5, 0.6) is 17.2 Å². The van der Waals surface area contributed by atoms with Crippen LogP contribution in [0.3, 0.4) is 0 Å². The number of hydrogen-bond acceptors (Lipinski definition) is 2. The standard InChI is InChI=1S/C27H27FO2/c1-2-29-24-15-13-22(14-16-24)27(21-11-12-21)19-23(28)17-20-7-6-10-26(18-20)30-25-8-4-3-5-9-25/h3-10,13-16,18-19,21,27H,2,11-12,17H2,1H3/b23-19-. The zero-order valence-electron chi connectivity index (χ0n) is 17.3. The highest BCUT2D eigenvalue weighted by Crippen LogP contribution is 2.44. The maximum absolute atomic E-state index is 15.0. The van der Waals surface area contributed by atoms with Crippen molar-refractivity contribution in [3.05, 3.63) is 102 Å². The summed E-state index contributed by atoms with van der Waals surface area (Å²) >= 11 is 0. The van der Waals surface area contributed by atoms with Gasteiger partial charge < -0.3 is 9.47 Å². The van der Waals surface area contributed by atoms with E-state index in [2.05, 4.69) is 12.1 Å². The molecule has 0 spiro atoms. The van der Waals surface area contributed by atoms with Crippen LogP contribution in [0.1, 0.15) is 36.8 Å². The van der Waals surface area contributed by atoms with Crippen LogP contribution in [0.4, 0.5) is 4.39 Å². The van der Waals surface area contributed by atoms with E-state index in [1.807, 2.05) is 73.7 Å². The van der Waals surface area contributed by atoms with Gasteiger partial charge in [-0.05, 0) is 79.3 Å². The molecule has 0 aliphatic heterocycles. The first-order valence-corrected chi connectivity index (χ1v) is 10.6. The van der Waals surface area contributed by atoms with Gasteiger partial charge in [-0.3, -0.25) is 0 Å². The van der Waals surface area contributed by atoms with Crippen LogP contribution >= 0.6 is 0 Å². The first kappa shape index (κ1) is 20.2. The largest absolute Gasteiger partial charge is 0.494 e. The fraction of sp³-hybridized carbons (Fsp3) is 0.259. The zero-order chi connectivity index (χ0) is 20.8. The minimum Gasteiger partial charge on any atom is -0.494 e. The number of benzene rings is 3. The summed E-state index contributed by atoms with van der Waals surface area (Å²) in [6.45, 7) is 2.62. The van der Waals surface area contributed by atoms with E-state index in [1.165, 1.54) is 0 Å². The van der Waals surface area contributed by atoms with Gasteiger partial charge in [-0.1, -0.05) is 42.5 Å². The predicted molar refractivity (Wildman–Crippen MR) is 119 cm³/mol. The molecule has 3 heteroatoms. The predicted octanol–water partition coefficient (Wildman–Crippen LogP) is 7.47. The van der Waals surface area contributed by atoms with E-state index in [4.69, 9.17) is 9.47 Å². The molecule has 1 aliphatic rings. The Labute approximate surface area is 178 Å². The van der Waals surface area contributed by atoms with Crippen molar-refractivity contribution in [1.29, 1.82) is 0 Å². The normalized spacial score (nSPS) is 14.9. The molecule has 4 rings (SSSR count). The maximum Gasteiger partial charge on any atom is 0.127 e. The van der Waals surface area contributed by atoms with E-state index in [1.54, 1.807) is 6.08 Å². The van der Waals surface area contributed by atoms with E-state index < -0.39 is 0 Å². The van der Waals surface area contributed by atoms with E-state index >= 15 is 0 Å². The lowest BCUT2D eigenvalue weighted by Crippen LogP contribution is -2.00. The van der Waals surface area contributed by atoms with Crippen molar-refractivity contribution >= 4 is 0 Å². The number of ether oxygens (including phenoxy) is 2. The molecule has 2 nitrogen and oxygen atoms in total. The van der Waals surface area contributed by atoms with Crippen molar-refractivity contribution in [3.8, 4) is 17.2 Å². The van der Waals surface area contributed by atoms with Crippen molar-refractivity contribution in [3.63, 3.8) is 0 Å². The first-order chi connectivity index (χ1) is 14.7. The highest BCUT2D eigenvalue weighted by Gasteiger charge is 2.31. The molecule has 1 unspecified atom stereocenters. The summed E-state index contributed by atoms with van der Waals surface area (Å²) in [7, 11) is 0. The second-order valence-electron chi connectivity index (χ2n) is 7.72. The fourth-order valence-corrected chi connectivity index (χ4v) is 3.71. The van der Waals surface area contributed by atoms with E-state index in [0.29, 0.717) is 12.5 Å². The van der Waals surface area contributed by atoms with Crippen LogP contribution < -0.4 is 9.47 Å². The van der Waals surface area contributed by atoms with Crippen molar-refractivity contribution in [2.45, 2.75) is 32.1 Å². The van der Waals surface area contributed by atoms with Crippen LogP contribution in [0.25, 0.3) is 0 Å². The monoisotopic (exact) mass is 402 g/mol. The molecule has 0 aromatic heterocycles. The summed E-state index contributed by atoms with van der Waals surface area (Å²) in [6, 6.07) is 25.3. The highest BCUT2D eigenvalue weighted by molar-refractivity contribution is 5.36. The van der Waals surface area contributed by atoms with Crippen LogP contribution in [0.2, 0.25) is 0 Å². The molecule has 1 saturated carbocycles. The summed E-state index contributed by atoms with van der Waals surface area (Å²) < 4.78 is 26.4. The number of para-hydroxylation sites is 1. The molecule has 30 heavy (non-hydrogen) atoms. The van der Waals surface area contributed by atoms with Gasteiger partial charge in [0.1, 0.15) is 23.1 Å². The number of rotatable bonds is 9. The Morgan fingerprint density at radius 3 is 2.37 bits per heavy atom. The van der Waals surface area contributed by atoms with Gasteiger partial charge in [0, 0.05) is 12.3 Å². The smallest absolute Gasteiger partial charge is 0.127 e. The minimum absolute atomic E-state index is 0.0994. The fourth-order valence-electron chi connectivity index (χ4n) is 3.71. The van der Waals surface area contributed by atoms with Crippen LogP contribution in [-0.4, -0.2) is 6.61 Å². The minimum atomic E-state index is -0.0994. The topological polar surface area (TPSA) is 18.5 Å². The molecule has 1 atom stereocenters. The maximum atomic E-state index is 15.0. The third kappa shape index (κ3) is 5.50. The van der Waals surface area contributed by atoms with Gasteiger partial charge in [0.15, 0.2) is 0 Å². The summed E-state index contributed by atoms with van der Waals surface area (Å²) in [4.78, 5) is 0. The quantitative estimate of drug-likeness (QED) is 0.370. The molecule has 0 saturated heterocycles. The average Bonchev–Trinajstić information content (AvgIpc) is 3.59. The average molecular weight is 403 g/mol. The van der Waals surface area contributed by atoms with E-state index in [9.17, 15) is 4.39 Å². The lowest BCUT2D eigenvalue weighted by molar-refractivity contribution is 0.340. The Bertz CT molecular complexity index is 975. The Hall–Kier alpha value is -3.07. The molecule has 0 N–H and O–H groups in total. The van der Waals surface area contributed by atoms with Gasteiger partial charge in [0.2, 0.25) is 0 Å². The van der Waals surface area contributed by atoms with Gasteiger partial charge >= 0.3 is 0 Å².